The highest BCUT2D eigenvalue weighted by molar-refractivity contribution is 4.86. The number of aliphatic hydroxyl groups is 2. The van der Waals surface area contributed by atoms with Gasteiger partial charge in [-0.15, -0.1) is 0 Å². The fourth-order valence-corrected chi connectivity index (χ4v) is 3.85. The number of hydrogen-bond acceptors (Lipinski definition) is 4. The van der Waals surface area contributed by atoms with Crippen molar-refractivity contribution in [2.45, 2.75) is 45.8 Å². The van der Waals surface area contributed by atoms with E-state index in [2.05, 4.69) is 30.6 Å². The maximum Gasteiger partial charge on any atom is 0.0707 e. The van der Waals surface area contributed by atoms with Crippen LogP contribution in [0.5, 0.6) is 0 Å². The van der Waals surface area contributed by atoms with E-state index in [0.717, 1.165) is 52.1 Å². The molecule has 0 aromatic carbocycles. The predicted molar refractivity (Wildman–Crippen MR) is 81.6 cm³/mol. The van der Waals surface area contributed by atoms with Crippen molar-refractivity contribution in [2.75, 3.05) is 39.3 Å². The topological polar surface area (TPSA) is 46.9 Å². The highest BCUT2D eigenvalue weighted by Gasteiger charge is 2.33. The summed E-state index contributed by atoms with van der Waals surface area (Å²) in [5.74, 6) is 1.69. The van der Waals surface area contributed by atoms with Crippen molar-refractivity contribution in [3.63, 3.8) is 0 Å². The number of β-amino-alcohol motifs (C(OH)–C–C–N with tert-alkyl or cyclic N) is 2. The molecule has 2 aliphatic heterocycles. The number of hydrogen-bond donors (Lipinski definition) is 2. The predicted octanol–water partition coefficient (Wildman–Crippen LogP) is 1.03. The molecule has 0 amide bonds. The zero-order valence-corrected chi connectivity index (χ0v) is 13.3. The van der Waals surface area contributed by atoms with E-state index in [1.165, 1.54) is 0 Å². The average molecular weight is 284 g/mol. The van der Waals surface area contributed by atoms with Crippen LogP contribution in [0, 0.1) is 17.8 Å². The van der Waals surface area contributed by atoms with E-state index in [-0.39, 0.29) is 12.2 Å². The van der Waals surface area contributed by atoms with Crippen LogP contribution in [0.4, 0.5) is 0 Å². The minimum absolute atomic E-state index is 0.124. The molecule has 2 N–H and O–H groups in total. The Hall–Kier alpha value is -0.160. The molecule has 0 aromatic heterocycles. The van der Waals surface area contributed by atoms with Crippen LogP contribution in [-0.2, 0) is 0 Å². The van der Waals surface area contributed by atoms with Crippen molar-refractivity contribution >= 4 is 0 Å². The van der Waals surface area contributed by atoms with Gasteiger partial charge in [-0.3, -0.25) is 0 Å². The highest BCUT2D eigenvalue weighted by atomic mass is 16.3. The fraction of sp³-hybridized carbons (Fsp3) is 1.00. The van der Waals surface area contributed by atoms with Crippen LogP contribution >= 0.6 is 0 Å². The molecule has 4 nitrogen and oxygen atoms in total. The quantitative estimate of drug-likeness (QED) is 0.765. The van der Waals surface area contributed by atoms with Crippen LogP contribution in [0.15, 0.2) is 0 Å². The normalized spacial score (nSPS) is 34.2. The summed E-state index contributed by atoms with van der Waals surface area (Å²) in [4.78, 5) is 4.77. The van der Waals surface area contributed by atoms with Crippen LogP contribution in [0.25, 0.3) is 0 Å². The van der Waals surface area contributed by atoms with E-state index < -0.39 is 0 Å². The average Bonchev–Trinajstić information content (AvgIpc) is 2.85. The third-order valence-corrected chi connectivity index (χ3v) is 4.63. The molecule has 2 aliphatic rings. The third-order valence-electron chi connectivity index (χ3n) is 4.63. The molecule has 4 heteroatoms. The van der Waals surface area contributed by atoms with Crippen molar-refractivity contribution in [1.82, 2.24) is 9.80 Å². The van der Waals surface area contributed by atoms with Gasteiger partial charge in [-0.05, 0) is 30.6 Å². The third kappa shape index (κ3) is 4.69. The maximum absolute atomic E-state index is 10.2. The summed E-state index contributed by atoms with van der Waals surface area (Å²) >= 11 is 0. The van der Waals surface area contributed by atoms with Crippen LogP contribution in [0.1, 0.15) is 33.6 Å². The molecule has 4 unspecified atom stereocenters. The van der Waals surface area contributed by atoms with E-state index in [1.54, 1.807) is 0 Å². The molecule has 0 spiro atoms. The van der Waals surface area contributed by atoms with E-state index in [4.69, 9.17) is 0 Å². The number of aliphatic hydroxyl groups excluding tert-OH is 2. The van der Waals surface area contributed by atoms with E-state index in [1.807, 2.05) is 0 Å². The lowest BCUT2D eigenvalue weighted by atomic mass is 9.93. The Bertz CT molecular complexity index is 298. The van der Waals surface area contributed by atoms with Gasteiger partial charge < -0.3 is 20.0 Å². The Labute approximate surface area is 123 Å². The van der Waals surface area contributed by atoms with Gasteiger partial charge in [0.2, 0.25) is 0 Å². The lowest BCUT2D eigenvalue weighted by molar-refractivity contribution is 0.122. The smallest absolute Gasteiger partial charge is 0.0707 e. The van der Waals surface area contributed by atoms with Crippen molar-refractivity contribution in [2.24, 2.45) is 17.8 Å². The lowest BCUT2D eigenvalue weighted by Crippen LogP contribution is -2.30. The van der Waals surface area contributed by atoms with Gasteiger partial charge in [0.05, 0.1) is 12.2 Å². The lowest BCUT2D eigenvalue weighted by Gasteiger charge is -2.24. The summed E-state index contributed by atoms with van der Waals surface area (Å²) in [6.45, 7) is 12.7. The molecular formula is C16H32N2O2. The molecule has 2 fully saturated rings. The second-order valence-corrected chi connectivity index (χ2v) is 7.48. The second kappa shape index (κ2) is 7.21. The van der Waals surface area contributed by atoms with Crippen molar-refractivity contribution in [3.05, 3.63) is 0 Å². The van der Waals surface area contributed by atoms with Crippen LogP contribution < -0.4 is 0 Å². The highest BCUT2D eigenvalue weighted by Crippen LogP contribution is 2.25. The van der Waals surface area contributed by atoms with Crippen LogP contribution in [-0.4, -0.2) is 71.5 Å². The molecule has 4 atom stereocenters. The molecule has 118 valence electrons. The molecule has 0 aliphatic carbocycles. The SMILES string of the molecule is CC(C)CN1CC(O)C(CC(C)CN2CCC(O)C2)C1. The number of likely N-dealkylation sites (tertiary alicyclic amines) is 2. The monoisotopic (exact) mass is 284 g/mol. The molecule has 2 rings (SSSR count). The Balaban J connectivity index is 1.72. The number of nitrogens with zero attached hydrogens (tertiary/aromatic N) is 2. The summed E-state index contributed by atoms with van der Waals surface area (Å²) < 4.78 is 0. The molecular weight excluding hydrogens is 252 g/mol. The van der Waals surface area contributed by atoms with Gasteiger partial charge in [0.15, 0.2) is 0 Å². The zero-order valence-electron chi connectivity index (χ0n) is 13.3. The first kappa shape index (κ1) is 16.2. The van der Waals surface area contributed by atoms with Gasteiger partial charge >= 0.3 is 0 Å². The largest absolute Gasteiger partial charge is 0.392 e. The Morgan fingerprint density at radius 3 is 2.35 bits per heavy atom. The first-order valence-corrected chi connectivity index (χ1v) is 8.25. The molecule has 2 heterocycles. The van der Waals surface area contributed by atoms with Gasteiger partial charge in [-0.1, -0.05) is 20.8 Å². The van der Waals surface area contributed by atoms with Crippen LogP contribution in [0.2, 0.25) is 0 Å². The summed E-state index contributed by atoms with van der Waals surface area (Å²) in [5.41, 5.74) is 0. The van der Waals surface area contributed by atoms with Crippen LogP contribution in [0.3, 0.4) is 0 Å². The minimum Gasteiger partial charge on any atom is -0.392 e. The van der Waals surface area contributed by atoms with E-state index in [9.17, 15) is 10.2 Å². The van der Waals surface area contributed by atoms with Gasteiger partial charge in [0.25, 0.3) is 0 Å². The van der Waals surface area contributed by atoms with Crippen molar-refractivity contribution < 1.29 is 10.2 Å². The van der Waals surface area contributed by atoms with Gasteiger partial charge in [-0.25, -0.2) is 0 Å². The first-order valence-electron chi connectivity index (χ1n) is 8.25. The molecule has 2 saturated heterocycles. The Morgan fingerprint density at radius 1 is 1.00 bits per heavy atom. The molecule has 0 radical (unpaired) electrons. The Kier molecular flexibility index (Phi) is 5.84. The fourth-order valence-electron chi connectivity index (χ4n) is 3.85. The van der Waals surface area contributed by atoms with Gasteiger partial charge in [0, 0.05) is 39.3 Å². The number of rotatable bonds is 6. The molecule has 0 aromatic rings. The minimum atomic E-state index is -0.152. The zero-order chi connectivity index (χ0) is 14.7. The van der Waals surface area contributed by atoms with Gasteiger partial charge in [-0.2, -0.15) is 0 Å². The summed E-state index contributed by atoms with van der Waals surface area (Å²) in [7, 11) is 0. The first-order chi connectivity index (χ1) is 9.44. The molecule has 20 heavy (non-hydrogen) atoms. The Morgan fingerprint density at radius 2 is 1.75 bits per heavy atom. The maximum atomic E-state index is 10.2. The van der Waals surface area contributed by atoms with E-state index in [0.29, 0.717) is 17.8 Å². The van der Waals surface area contributed by atoms with Gasteiger partial charge in [0.1, 0.15) is 0 Å². The van der Waals surface area contributed by atoms with Crippen molar-refractivity contribution in [1.29, 1.82) is 0 Å². The van der Waals surface area contributed by atoms with E-state index >= 15 is 0 Å². The standard InChI is InChI=1S/C16H32N2O2/c1-12(2)7-18-9-14(16(20)11-18)6-13(3)8-17-5-4-15(19)10-17/h12-16,19-20H,4-11H2,1-3H3. The molecule has 0 bridgehead atoms. The van der Waals surface area contributed by atoms with Crippen molar-refractivity contribution in [3.8, 4) is 0 Å². The summed E-state index contributed by atoms with van der Waals surface area (Å²) in [6, 6.07) is 0. The summed E-state index contributed by atoms with van der Waals surface area (Å²) in [6.07, 6.45) is 1.74. The summed E-state index contributed by atoms with van der Waals surface area (Å²) in [5, 5.41) is 19.8. The molecule has 0 saturated carbocycles. The second-order valence-electron chi connectivity index (χ2n) is 7.48.